The van der Waals surface area contributed by atoms with Crippen molar-refractivity contribution in [3.63, 3.8) is 0 Å². The number of hydrogen-bond acceptors (Lipinski definition) is 3. The Hall–Kier alpha value is -2.24. The Morgan fingerprint density at radius 1 is 1.22 bits per heavy atom. The van der Waals surface area contributed by atoms with Gasteiger partial charge < -0.3 is 15.0 Å². The summed E-state index contributed by atoms with van der Waals surface area (Å²) in [5, 5.41) is 2.89. The van der Waals surface area contributed by atoms with Gasteiger partial charge in [0, 0.05) is 37.5 Å². The Morgan fingerprint density at radius 3 is 2.52 bits per heavy atom. The minimum absolute atomic E-state index is 0.00402. The summed E-state index contributed by atoms with van der Waals surface area (Å²) in [6.07, 6.45) is 1.78. The van der Waals surface area contributed by atoms with Crippen molar-refractivity contribution >= 4 is 17.6 Å². The van der Waals surface area contributed by atoms with Gasteiger partial charge in [-0.1, -0.05) is 6.07 Å². The number of amides is 2. The molecular formula is C17H21FN2O3. The number of hydrogen-bond donors (Lipinski definition) is 1. The topological polar surface area (TPSA) is 66.5 Å². The number of nitrogens with zero attached hydrogens (tertiary/aromatic N) is 1. The van der Waals surface area contributed by atoms with E-state index in [0.29, 0.717) is 31.5 Å². The molecule has 0 bridgehead atoms. The van der Waals surface area contributed by atoms with Gasteiger partial charge in [-0.2, -0.15) is 0 Å². The lowest BCUT2D eigenvalue weighted by atomic mass is 10.0. The summed E-state index contributed by atoms with van der Waals surface area (Å²) in [6, 6.07) is 5.68. The largest absolute Gasteiger partial charge is 0.353 e. The first-order valence-electron chi connectivity index (χ1n) is 7.79. The van der Waals surface area contributed by atoms with Crippen LogP contribution in [0.5, 0.6) is 0 Å². The van der Waals surface area contributed by atoms with Crippen LogP contribution >= 0.6 is 0 Å². The molecule has 5 nitrogen and oxygen atoms in total. The zero-order valence-electron chi connectivity index (χ0n) is 13.2. The number of piperidine rings is 1. The lowest BCUT2D eigenvalue weighted by Crippen LogP contribution is -2.46. The molecule has 1 aliphatic heterocycles. The smallest absolute Gasteiger partial charge is 0.253 e. The summed E-state index contributed by atoms with van der Waals surface area (Å²) >= 11 is 0. The molecule has 0 radical (unpaired) electrons. The van der Waals surface area contributed by atoms with E-state index in [4.69, 9.17) is 0 Å². The van der Waals surface area contributed by atoms with Crippen molar-refractivity contribution in [3.05, 3.63) is 35.6 Å². The van der Waals surface area contributed by atoms with E-state index in [1.807, 2.05) is 0 Å². The summed E-state index contributed by atoms with van der Waals surface area (Å²) in [7, 11) is 0. The molecule has 0 aromatic heterocycles. The maximum absolute atomic E-state index is 13.2. The third kappa shape index (κ3) is 5.16. The second-order valence-corrected chi connectivity index (χ2v) is 5.85. The summed E-state index contributed by atoms with van der Waals surface area (Å²) in [6.45, 7) is 2.50. The summed E-state index contributed by atoms with van der Waals surface area (Å²) in [5.41, 5.74) is 0.342. The van der Waals surface area contributed by atoms with Crippen LogP contribution in [0.4, 0.5) is 4.39 Å². The fourth-order valence-electron chi connectivity index (χ4n) is 2.62. The van der Waals surface area contributed by atoms with Crippen LogP contribution in [0.15, 0.2) is 24.3 Å². The number of benzene rings is 1. The second-order valence-electron chi connectivity index (χ2n) is 5.85. The Labute approximate surface area is 134 Å². The monoisotopic (exact) mass is 320 g/mol. The van der Waals surface area contributed by atoms with Gasteiger partial charge >= 0.3 is 0 Å². The van der Waals surface area contributed by atoms with Crippen molar-refractivity contribution in [2.75, 3.05) is 13.1 Å². The van der Waals surface area contributed by atoms with E-state index < -0.39 is 5.82 Å². The number of Topliss-reactive ketones (excluding diaryl/α,β-unsaturated/α-hetero) is 1. The van der Waals surface area contributed by atoms with Gasteiger partial charge in [-0.15, -0.1) is 0 Å². The molecule has 1 heterocycles. The standard InChI is InChI=1S/C17H21FN2O3/c1-12(21)5-6-16(22)19-15-7-9-20(10-8-15)17(23)13-3-2-4-14(18)11-13/h2-4,11,15H,5-10H2,1H3,(H,19,22). The molecule has 0 aliphatic carbocycles. The van der Waals surface area contributed by atoms with E-state index in [-0.39, 0.29) is 36.5 Å². The van der Waals surface area contributed by atoms with Gasteiger partial charge in [-0.05, 0) is 38.0 Å². The summed E-state index contributed by atoms with van der Waals surface area (Å²) < 4.78 is 13.2. The van der Waals surface area contributed by atoms with Crippen molar-refractivity contribution in [2.45, 2.75) is 38.6 Å². The van der Waals surface area contributed by atoms with Crippen LogP contribution in [0.2, 0.25) is 0 Å². The number of halogens is 1. The highest BCUT2D eigenvalue weighted by Gasteiger charge is 2.24. The summed E-state index contributed by atoms with van der Waals surface area (Å²) in [4.78, 5) is 36.5. The van der Waals surface area contributed by atoms with Crippen LogP contribution in [0.3, 0.4) is 0 Å². The molecule has 1 aliphatic rings. The van der Waals surface area contributed by atoms with Gasteiger partial charge in [0.1, 0.15) is 11.6 Å². The number of carbonyl (C=O) groups is 3. The Bertz CT molecular complexity index is 595. The predicted octanol–water partition coefficient (Wildman–Crippen LogP) is 1.92. The summed E-state index contributed by atoms with van der Waals surface area (Å²) in [5.74, 6) is -0.750. The Morgan fingerprint density at radius 2 is 1.91 bits per heavy atom. The molecule has 0 atom stereocenters. The highest BCUT2D eigenvalue weighted by molar-refractivity contribution is 5.94. The molecule has 124 valence electrons. The highest BCUT2D eigenvalue weighted by atomic mass is 19.1. The maximum atomic E-state index is 13.2. The molecule has 23 heavy (non-hydrogen) atoms. The molecular weight excluding hydrogens is 299 g/mol. The van der Waals surface area contributed by atoms with E-state index in [1.165, 1.54) is 25.1 Å². The quantitative estimate of drug-likeness (QED) is 0.901. The Kier molecular flexibility index (Phi) is 5.84. The first kappa shape index (κ1) is 17.1. The van der Waals surface area contributed by atoms with Crippen molar-refractivity contribution in [1.82, 2.24) is 10.2 Å². The normalized spacial score (nSPS) is 15.3. The van der Waals surface area contributed by atoms with E-state index in [0.717, 1.165) is 0 Å². The van der Waals surface area contributed by atoms with Gasteiger partial charge in [0.2, 0.25) is 5.91 Å². The molecule has 2 amide bonds. The average Bonchev–Trinajstić information content (AvgIpc) is 2.53. The van der Waals surface area contributed by atoms with Crippen molar-refractivity contribution in [3.8, 4) is 0 Å². The number of likely N-dealkylation sites (tertiary alicyclic amines) is 1. The number of carbonyl (C=O) groups excluding carboxylic acids is 3. The molecule has 0 saturated carbocycles. The van der Waals surface area contributed by atoms with Crippen LogP contribution in [-0.4, -0.2) is 41.6 Å². The fraction of sp³-hybridized carbons (Fsp3) is 0.471. The van der Waals surface area contributed by atoms with Crippen LogP contribution in [0.25, 0.3) is 0 Å². The zero-order chi connectivity index (χ0) is 16.8. The number of nitrogens with one attached hydrogen (secondary N) is 1. The third-order valence-corrected chi connectivity index (χ3v) is 3.92. The van der Waals surface area contributed by atoms with E-state index in [1.54, 1.807) is 11.0 Å². The minimum atomic E-state index is -0.427. The van der Waals surface area contributed by atoms with Crippen molar-refractivity contribution in [1.29, 1.82) is 0 Å². The zero-order valence-corrected chi connectivity index (χ0v) is 13.2. The van der Waals surface area contributed by atoms with Crippen LogP contribution in [0.1, 0.15) is 43.0 Å². The maximum Gasteiger partial charge on any atom is 0.253 e. The van der Waals surface area contributed by atoms with E-state index >= 15 is 0 Å². The van der Waals surface area contributed by atoms with Crippen molar-refractivity contribution in [2.24, 2.45) is 0 Å². The molecule has 2 rings (SSSR count). The molecule has 6 heteroatoms. The lowest BCUT2D eigenvalue weighted by Gasteiger charge is -2.32. The molecule has 1 aromatic carbocycles. The first-order valence-corrected chi connectivity index (χ1v) is 7.79. The predicted molar refractivity (Wildman–Crippen MR) is 83.4 cm³/mol. The number of ketones is 1. The average molecular weight is 320 g/mol. The van der Waals surface area contributed by atoms with Gasteiger partial charge in [-0.25, -0.2) is 4.39 Å². The van der Waals surface area contributed by atoms with Gasteiger partial charge in [0.05, 0.1) is 0 Å². The second kappa shape index (κ2) is 7.85. The van der Waals surface area contributed by atoms with Crippen LogP contribution < -0.4 is 5.32 Å². The highest BCUT2D eigenvalue weighted by Crippen LogP contribution is 2.15. The molecule has 0 unspecified atom stereocenters. The molecule has 1 aromatic rings. The minimum Gasteiger partial charge on any atom is -0.353 e. The number of rotatable bonds is 5. The van der Waals surface area contributed by atoms with E-state index in [2.05, 4.69) is 5.32 Å². The van der Waals surface area contributed by atoms with Gasteiger partial charge in [0.15, 0.2) is 0 Å². The Balaban J connectivity index is 1.80. The lowest BCUT2D eigenvalue weighted by molar-refractivity contribution is -0.125. The van der Waals surface area contributed by atoms with Crippen LogP contribution in [0, 0.1) is 5.82 Å². The molecule has 1 fully saturated rings. The molecule has 1 saturated heterocycles. The van der Waals surface area contributed by atoms with Gasteiger partial charge in [-0.3, -0.25) is 9.59 Å². The first-order chi connectivity index (χ1) is 11.0. The van der Waals surface area contributed by atoms with Crippen LogP contribution in [-0.2, 0) is 9.59 Å². The van der Waals surface area contributed by atoms with Gasteiger partial charge in [0.25, 0.3) is 5.91 Å². The van der Waals surface area contributed by atoms with Crippen molar-refractivity contribution < 1.29 is 18.8 Å². The van der Waals surface area contributed by atoms with E-state index in [9.17, 15) is 18.8 Å². The molecule has 1 N–H and O–H groups in total. The third-order valence-electron chi connectivity index (χ3n) is 3.92. The molecule has 0 spiro atoms. The SMILES string of the molecule is CC(=O)CCC(=O)NC1CCN(C(=O)c2cccc(F)c2)CC1. The fourth-order valence-corrected chi connectivity index (χ4v) is 2.62.